The molecule has 0 bridgehead atoms. The summed E-state index contributed by atoms with van der Waals surface area (Å²) in [4.78, 5) is 9.43. The van der Waals surface area contributed by atoms with Gasteiger partial charge in [0.05, 0.1) is 5.52 Å². The van der Waals surface area contributed by atoms with Gasteiger partial charge in [-0.05, 0) is 30.9 Å². The zero-order valence-electron chi connectivity index (χ0n) is 15.3. The Labute approximate surface area is 150 Å². The molecule has 132 valence electrons. The maximum atomic E-state index is 6.25. The van der Waals surface area contributed by atoms with Gasteiger partial charge in [-0.2, -0.15) is 0 Å². The van der Waals surface area contributed by atoms with Crippen LogP contribution in [-0.4, -0.2) is 14.5 Å². The average Bonchev–Trinajstić information content (AvgIpc) is 2.97. The number of benzene rings is 1. The van der Waals surface area contributed by atoms with E-state index >= 15 is 0 Å². The first kappa shape index (κ1) is 17.5. The number of nitrogens with zero attached hydrogens (tertiary/aromatic N) is 3. The lowest BCUT2D eigenvalue weighted by Crippen LogP contribution is -2.06. The molecule has 2 N–H and O–H groups in total. The lowest BCUT2D eigenvalue weighted by molar-refractivity contribution is 0.689. The van der Waals surface area contributed by atoms with E-state index in [1.165, 1.54) is 5.56 Å². The molecule has 4 heteroatoms. The number of imidazole rings is 1. The Hall–Kier alpha value is -2.36. The van der Waals surface area contributed by atoms with Crippen molar-refractivity contribution in [3.63, 3.8) is 0 Å². The molecular weight excluding hydrogens is 308 g/mol. The molecule has 3 aromatic rings. The molecule has 0 saturated carbocycles. The number of fused-ring (bicyclic) bond motifs is 1. The Kier molecular flexibility index (Phi) is 5.69. The predicted molar refractivity (Wildman–Crippen MR) is 105 cm³/mol. The fourth-order valence-corrected chi connectivity index (χ4v) is 3.20. The lowest BCUT2D eigenvalue weighted by Gasteiger charge is -2.10. The molecule has 25 heavy (non-hydrogen) atoms. The SMILES string of the molecule is CCCCc1cc2c(nc(CCCC)n2Cc2ccccc2)c(N)n1. The van der Waals surface area contributed by atoms with Gasteiger partial charge in [-0.1, -0.05) is 57.0 Å². The number of nitrogen functional groups attached to an aromatic ring is 1. The Morgan fingerprint density at radius 2 is 1.68 bits per heavy atom. The first-order valence-electron chi connectivity index (χ1n) is 9.41. The highest BCUT2D eigenvalue weighted by Crippen LogP contribution is 2.24. The van der Waals surface area contributed by atoms with Gasteiger partial charge < -0.3 is 10.3 Å². The van der Waals surface area contributed by atoms with E-state index in [1.807, 2.05) is 0 Å². The van der Waals surface area contributed by atoms with E-state index in [0.29, 0.717) is 5.82 Å². The maximum absolute atomic E-state index is 6.25. The summed E-state index contributed by atoms with van der Waals surface area (Å²) in [5.41, 5.74) is 10.6. The van der Waals surface area contributed by atoms with Crippen molar-refractivity contribution in [3.8, 4) is 0 Å². The normalized spacial score (nSPS) is 11.3. The van der Waals surface area contributed by atoms with Crippen molar-refractivity contribution in [2.24, 2.45) is 0 Å². The van der Waals surface area contributed by atoms with E-state index in [0.717, 1.165) is 67.6 Å². The van der Waals surface area contributed by atoms with Crippen molar-refractivity contribution in [1.82, 2.24) is 14.5 Å². The summed E-state index contributed by atoms with van der Waals surface area (Å²) in [6.45, 7) is 5.24. The van der Waals surface area contributed by atoms with Crippen molar-refractivity contribution < 1.29 is 0 Å². The van der Waals surface area contributed by atoms with Crippen molar-refractivity contribution in [2.75, 3.05) is 5.73 Å². The minimum Gasteiger partial charge on any atom is -0.382 e. The van der Waals surface area contributed by atoms with Gasteiger partial charge in [0.15, 0.2) is 5.82 Å². The Morgan fingerprint density at radius 1 is 0.960 bits per heavy atom. The molecule has 0 fully saturated rings. The molecule has 0 atom stereocenters. The van der Waals surface area contributed by atoms with E-state index in [4.69, 9.17) is 10.7 Å². The molecule has 3 rings (SSSR count). The number of rotatable bonds is 8. The summed E-state index contributed by atoms with van der Waals surface area (Å²) in [5.74, 6) is 1.68. The van der Waals surface area contributed by atoms with Crippen molar-refractivity contribution in [1.29, 1.82) is 0 Å². The number of hydrogen-bond acceptors (Lipinski definition) is 3. The predicted octanol–water partition coefficient (Wildman–Crippen LogP) is 4.75. The van der Waals surface area contributed by atoms with Gasteiger partial charge in [-0.3, -0.25) is 0 Å². The number of pyridine rings is 1. The maximum Gasteiger partial charge on any atom is 0.151 e. The Bertz CT molecular complexity index is 821. The van der Waals surface area contributed by atoms with Gasteiger partial charge in [0.25, 0.3) is 0 Å². The third-order valence-electron chi connectivity index (χ3n) is 4.62. The van der Waals surface area contributed by atoms with Gasteiger partial charge in [0.1, 0.15) is 11.3 Å². The van der Waals surface area contributed by atoms with Crippen LogP contribution in [0.4, 0.5) is 5.82 Å². The zero-order chi connectivity index (χ0) is 17.6. The second kappa shape index (κ2) is 8.15. The van der Waals surface area contributed by atoms with Crippen molar-refractivity contribution in [3.05, 3.63) is 53.5 Å². The van der Waals surface area contributed by atoms with Crippen LogP contribution in [0.3, 0.4) is 0 Å². The first-order chi connectivity index (χ1) is 12.2. The second-order valence-electron chi connectivity index (χ2n) is 6.67. The molecule has 0 aliphatic heterocycles. The standard InChI is InChI=1S/C21H28N4/c1-3-5-12-17-14-18-20(21(22)23-17)24-19(13-6-4-2)25(18)15-16-10-8-7-9-11-16/h7-11,14H,3-6,12-13,15H2,1-2H3,(H2,22,23). The van der Waals surface area contributed by atoms with E-state index in [1.54, 1.807) is 0 Å². The van der Waals surface area contributed by atoms with Crippen molar-refractivity contribution in [2.45, 2.75) is 58.9 Å². The first-order valence-corrected chi connectivity index (χ1v) is 9.41. The van der Waals surface area contributed by atoms with Crippen LogP contribution in [0.15, 0.2) is 36.4 Å². The summed E-state index contributed by atoms with van der Waals surface area (Å²) in [6.07, 6.45) is 6.52. The molecule has 2 aromatic heterocycles. The number of aromatic nitrogens is 3. The summed E-state index contributed by atoms with van der Waals surface area (Å²) >= 11 is 0. The molecule has 0 aliphatic rings. The van der Waals surface area contributed by atoms with Gasteiger partial charge in [0, 0.05) is 18.7 Å². The number of aryl methyl sites for hydroxylation is 2. The smallest absolute Gasteiger partial charge is 0.151 e. The minimum absolute atomic E-state index is 0.563. The fourth-order valence-electron chi connectivity index (χ4n) is 3.20. The van der Waals surface area contributed by atoms with Crippen LogP contribution in [0.25, 0.3) is 11.0 Å². The minimum atomic E-state index is 0.563. The quantitative estimate of drug-likeness (QED) is 0.646. The lowest BCUT2D eigenvalue weighted by atomic mass is 10.1. The molecule has 4 nitrogen and oxygen atoms in total. The van der Waals surface area contributed by atoms with Crippen LogP contribution < -0.4 is 5.73 Å². The average molecular weight is 336 g/mol. The summed E-state index contributed by atoms with van der Waals surface area (Å²) < 4.78 is 2.33. The highest BCUT2D eigenvalue weighted by atomic mass is 15.1. The molecule has 0 saturated heterocycles. The van der Waals surface area contributed by atoms with Gasteiger partial charge in [-0.25, -0.2) is 9.97 Å². The number of unbranched alkanes of at least 4 members (excludes halogenated alkanes) is 2. The molecule has 2 heterocycles. The van der Waals surface area contributed by atoms with Gasteiger partial charge >= 0.3 is 0 Å². The molecule has 0 aliphatic carbocycles. The summed E-state index contributed by atoms with van der Waals surface area (Å²) in [6, 6.07) is 12.7. The largest absolute Gasteiger partial charge is 0.382 e. The molecule has 0 unspecified atom stereocenters. The molecule has 0 spiro atoms. The van der Waals surface area contributed by atoms with Gasteiger partial charge in [0.2, 0.25) is 0 Å². The highest BCUT2D eigenvalue weighted by molar-refractivity contribution is 5.86. The van der Waals surface area contributed by atoms with Crippen LogP contribution in [0, 0.1) is 0 Å². The Morgan fingerprint density at radius 3 is 2.40 bits per heavy atom. The van der Waals surface area contributed by atoms with Crippen LogP contribution >= 0.6 is 0 Å². The third-order valence-corrected chi connectivity index (χ3v) is 4.62. The van der Waals surface area contributed by atoms with Crippen LogP contribution in [0.5, 0.6) is 0 Å². The number of nitrogens with two attached hydrogens (primary N) is 1. The monoisotopic (exact) mass is 336 g/mol. The second-order valence-corrected chi connectivity index (χ2v) is 6.67. The van der Waals surface area contributed by atoms with Crippen LogP contribution in [0.2, 0.25) is 0 Å². The molecule has 0 amide bonds. The van der Waals surface area contributed by atoms with E-state index < -0.39 is 0 Å². The Balaban J connectivity index is 2.06. The fraction of sp³-hybridized carbons (Fsp3) is 0.429. The van der Waals surface area contributed by atoms with E-state index in [9.17, 15) is 0 Å². The van der Waals surface area contributed by atoms with Crippen LogP contribution in [-0.2, 0) is 19.4 Å². The number of anilines is 1. The molecule has 1 aromatic carbocycles. The summed E-state index contributed by atoms with van der Waals surface area (Å²) in [7, 11) is 0. The van der Waals surface area contributed by atoms with Gasteiger partial charge in [-0.15, -0.1) is 0 Å². The third kappa shape index (κ3) is 4.01. The van der Waals surface area contributed by atoms with E-state index in [2.05, 4.69) is 59.8 Å². The van der Waals surface area contributed by atoms with Crippen LogP contribution in [0.1, 0.15) is 56.6 Å². The van der Waals surface area contributed by atoms with Crippen molar-refractivity contribution >= 4 is 16.9 Å². The highest BCUT2D eigenvalue weighted by Gasteiger charge is 2.15. The summed E-state index contributed by atoms with van der Waals surface area (Å²) in [5, 5.41) is 0. The molecular formula is C21H28N4. The van der Waals surface area contributed by atoms with E-state index in [-0.39, 0.29) is 0 Å². The zero-order valence-corrected chi connectivity index (χ0v) is 15.3. The number of hydrogen-bond donors (Lipinski definition) is 1. The molecule has 0 radical (unpaired) electrons. The topological polar surface area (TPSA) is 56.7 Å².